The zero-order valence-corrected chi connectivity index (χ0v) is 14.3. The lowest BCUT2D eigenvalue weighted by Gasteiger charge is -2.04. The molecule has 2 aromatic rings. The molecule has 1 heterocycles. The van der Waals surface area contributed by atoms with Gasteiger partial charge in [-0.05, 0) is 18.6 Å². The Morgan fingerprint density at radius 3 is 2.70 bits per heavy atom. The fourth-order valence-electron chi connectivity index (χ4n) is 2.11. The maximum Gasteiger partial charge on any atom is 0.264 e. The Morgan fingerprint density at radius 1 is 1.13 bits per heavy atom. The van der Waals surface area contributed by atoms with Gasteiger partial charge in [0.15, 0.2) is 6.61 Å². The van der Waals surface area contributed by atoms with Crippen molar-refractivity contribution in [3.63, 3.8) is 0 Å². The topological polar surface area (TPSA) is 64.1 Å². The van der Waals surface area contributed by atoms with E-state index < -0.39 is 0 Å². The minimum absolute atomic E-state index is 0.0318. The molecule has 0 aliphatic heterocycles. The highest BCUT2D eigenvalue weighted by Gasteiger charge is 2.08. The summed E-state index contributed by atoms with van der Waals surface area (Å²) in [6.07, 6.45) is 7.09. The summed E-state index contributed by atoms with van der Waals surface area (Å²) in [4.78, 5) is 11.8. The lowest BCUT2D eigenvalue weighted by Crippen LogP contribution is -2.20. The number of anilines is 1. The third kappa shape index (κ3) is 6.78. The number of nitrogens with one attached hydrogen (secondary N) is 1. The van der Waals surface area contributed by atoms with Crippen LogP contribution in [-0.2, 0) is 11.2 Å². The first-order chi connectivity index (χ1) is 11.3. The first kappa shape index (κ1) is 17.4. The van der Waals surface area contributed by atoms with Gasteiger partial charge in [-0.2, -0.15) is 0 Å². The van der Waals surface area contributed by atoms with Crippen LogP contribution in [0.3, 0.4) is 0 Å². The zero-order valence-electron chi connectivity index (χ0n) is 13.5. The predicted molar refractivity (Wildman–Crippen MR) is 92.9 cm³/mol. The number of rotatable bonds is 10. The van der Waals surface area contributed by atoms with Crippen molar-refractivity contribution in [2.75, 3.05) is 11.9 Å². The number of aryl methyl sites for hydroxylation is 1. The maximum atomic E-state index is 11.8. The smallest absolute Gasteiger partial charge is 0.264 e. The van der Waals surface area contributed by atoms with E-state index in [4.69, 9.17) is 4.74 Å². The second-order valence-corrected chi connectivity index (χ2v) is 6.38. The second kappa shape index (κ2) is 9.94. The van der Waals surface area contributed by atoms with E-state index >= 15 is 0 Å². The highest BCUT2D eigenvalue weighted by atomic mass is 32.1. The predicted octanol–water partition coefficient (Wildman–Crippen LogP) is 4.07. The summed E-state index contributed by atoms with van der Waals surface area (Å²) < 4.78 is 5.39. The fraction of sp³-hybridized carbons (Fsp3) is 0.471. The Balaban J connectivity index is 1.68. The average molecular weight is 333 g/mol. The van der Waals surface area contributed by atoms with Crippen LogP contribution in [0.1, 0.15) is 44.0 Å². The van der Waals surface area contributed by atoms with E-state index in [9.17, 15) is 4.79 Å². The summed E-state index contributed by atoms with van der Waals surface area (Å²) in [6, 6.07) is 9.26. The molecule has 0 aliphatic rings. The Morgan fingerprint density at radius 2 is 1.91 bits per heavy atom. The van der Waals surface area contributed by atoms with Crippen LogP contribution < -0.4 is 10.1 Å². The monoisotopic (exact) mass is 333 g/mol. The van der Waals surface area contributed by atoms with Gasteiger partial charge in [-0.1, -0.05) is 62.1 Å². The first-order valence-corrected chi connectivity index (χ1v) is 8.89. The van der Waals surface area contributed by atoms with Crippen LogP contribution in [0.2, 0.25) is 0 Å². The van der Waals surface area contributed by atoms with Crippen molar-refractivity contribution in [2.45, 2.75) is 45.4 Å². The van der Waals surface area contributed by atoms with E-state index in [-0.39, 0.29) is 12.5 Å². The molecule has 124 valence electrons. The largest absolute Gasteiger partial charge is 0.484 e. The fourth-order valence-corrected chi connectivity index (χ4v) is 2.90. The summed E-state index contributed by atoms with van der Waals surface area (Å²) in [5.74, 6) is 0.451. The molecule has 1 aromatic carbocycles. The minimum atomic E-state index is -0.223. The van der Waals surface area contributed by atoms with Crippen LogP contribution in [0.15, 0.2) is 30.3 Å². The normalized spacial score (nSPS) is 10.5. The molecule has 23 heavy (non-hydrogen) atoms. The van der Waals surface area contributed by atoms with Gasteiger partial charge in [0.2, 0.25) is 5.13 Å². The number of amides is 1. The van der Waals surface area contributed by atoms with Gasteiger partial charge < -0.3 is 4.74 Å². The van der Waals surface area contributed by atoms with Gasteiger partial charge in [0.25, 0.3) is 5.91 Å². The van der Waals surface area contributed by atoms with E-state index in [1.54, 1.807) is 0 Å². The Labute approximate surface area is 141 Å². The molecule has 0 saturated heterocycles. The first-order valence-electron chi connectivity index (χ1n) is 8.08. The van der Waals surface area contributed by atoms with Gasteiger partial charge in [0.05, 0.1) is 0 Å². The van der Waals surface area contributed by atoms with Crippen LogP contribution in [0.4, 0.5) is 5.13 Å². The molecule has 0 atom stereocenters. The van der Waals surface area contributed by atoms with Gasteiger partial charge >= 0.3 is 0 Å². The molecule has 2 rings (SSSR count). The highest BCUT2D eigenvalue weighted by molar-refractivity contribution is 7.15. The number of para-hydroxylation sites is 1. The lowest BCUT2D eigenvalue weighted by atomic mass is 10.1. The number of aromatic nitrogens is 2. The van der Waals surface area contributed by atoms with E-state index in [0.29, 0.717) is 10.9 Å². The minimum Gasteiger partial charge on any atom is -0.484 e. The highest BCUT2D eigenvalue weighted by Crippen LogP contribution is 2.18. The van der Waals surface area contributed by atoms with E-state index in [2.05, 4.69) is 22.4 Å². The molecule has 1 N–H and O–H groups in total. The molecule has 6 heteroatoms. The third-order valence-corrected chi connectivity index (χ3v) is 4.22. The van der Waals surface area contributed by atoms with Gasteiger partial charge in [0, 0.05) is 6.42 Å². The third-order valence-electron chi connectivity index (χ3n) is 3.32. The summed E-state index contributed by atoms with van der Waals surface area (Å²) in [5, 5.41) is 12.4. The van der Waals surface area contributed by atoms with Crippen LogP contribution in [0.25, 0.3) is 0 Å². The summed E-state index contributed by atoms with van der Waals surface area (Å²) in [5.41, 5.74) is 0. The molecular weight excluding hydrogens is 310 g/mol. The number of nitrogens with zero attached hydrogens (tertiary/aromatic N) is 2. The number of carbonyl (C=O) groups excluding carboxylic acids is 1. The molecule has 5 nitrogen and oxygen atoms in total. The standard InChI is InChI=1S/C17H23N3O2S/c1-2-3-4-5-9-12-16-19-20-17(23-16)18-15(21)13-22-14-10-7-6-8-11-14/h6-8,10-11H,2-5,9,12-13H2,1H3,(H,18,20,21). The number of ether oxygens (including phenoxy) is 1. The maximum absolute atomic E-state index is 11.8. The number of unbranched alkanes of at least 4 members (excludes halogenated alkanes) is 4. The van der Waals surface area contributed by atoms with Crippen LogP contribution >= 0.6 is 11.3 Å². The van der Waals surface area contributed by atoms with Crippen molar-refractivity contribution in [3.8, 4) is 5.75 Å². The Hall–Kier alpha value is -1.95. The number of hydrogen-bond donors (Lipinski definition) is 1. The van der Waals surface area contributed by atoms with Crippen LogP contribution in [0.5, 0.6) is 5.75 Å². The molecule has 0 unspecified atom stereocenters. The molecule has 1 amide bonds. The Bertz CT molecular complexity index is 587. The van der Waals surface area contributed by atoms with Crippen LogP contribution in [0, 0.1) is 0 Å². The molecule has 0 bridgehead atoms. The summed E-state index contributed by atoms with van der Waals surface area (Å²) in [7, 11) is 0. The molecule has 1 aromatic heterocycles. The lowest BCUT2D eigenvalue weighted by molar-refractivity contribution is -0.118. The van der Waals surface area contributed by atoms with E-state index in [1.165, 1.54) is 37.0 Å². The van der Waals surface area contributed by atoms with Gasteiger partial charge in [-0.3, -0.25) is 10.1 Å². The van der Waals surface area contributed by atoms with E-state index in [0.717, 1.165) is 17.8 Å². The van der Waals surface area contributed by atoms with Crippen molar-refractivity contribution < 1.29 is 9.53 Å². The van der Waals surface area contributed by atoms with Crippen LogP contribution in [-0.4, -0.2) is 22.7 Å². The quantitative estimate of drug-likeness (QED) is 0.666. The molecule has 0 spiro atoms. The Kier molecular flexibility index (Phi) is 7.52. The molecule has 0 aliphatic carbocycles. The van der Waals surface area contributed by atoms with Crippen molar-refractivity contribution in [1.29, 1.82) is 0 Å². The van der Waals surface area contributed by atoms with Gasteiger partial charge in [0.1, 0.15) is 10.8 Å². The van der Waals surface area contributed by atoms with Crippen molar-refractivity contribution in [2.24, 2.45) is 0 Å². The SMILES string of the molecule is CCCCCCCc1nnc(NC(=O)COc2ccccc2)s1. The summed E-state index contributed by atoms with van der Waals surface area (Å²) in [6.45, 7) is 2.18. The number of carbonyl (C=O) groups is 1. The second-order valence-electron chi connectivity index (χ2n) is 5.32. The zero-order chi connectivity index (χ0) is 16.3. The van der Waals surface area contributed by atoms with Crippen molar-refractivity contribution in [1.82, 2.24) is 10.2 Å². The summed E-state index contributed by atoms with van der Waals surface area (Å²) >= 11 is 1.44. The van der Waals surface area contributed by atoms with Crippen molar-refractivity contribution in [3.05, 3.63) is 35.3 Å². The molecular formula is C17H23N3O2S. The molecule has 0 radical (unpaired) electrons. The number of benzene rings is 1. The van der Waals surface area contributed by atoms with E-state index in [1.807, 2.05) is 30.3 Å². The molecule has 0 saturated carbocycles. The van der Waals surface area contributed by atoms with Gasteiger partial charge in [-0.15, -0.1) is 10.2 Å². The van der Waals surface area contributed by atoms with Gasteiger partial charge in [-0.25, -0.2) is 0 Å². The number of hydrogen-bond acceptors (Lipinski definition) is 5. The van der Waals surface area contributed by atoms with Crippen molar-refractivity contribution >= 4 is 22.4 Å². The average Bonchev–Trinajstić information content (AvgIpc) is 3.01. The molecule has 0 fully saturated rings.